The van der Waals surface area contributed by atoms with E-state index >= 15 is 0 Å². The maximum absolute atomic E-state index is 12.8. The predicted octanol–water partition coefficient (Wildman–Crippen LogP) is 3.12. The lowest BCUT2D eigenvalue weighted by Gasteiger charge is -2.25. The summed E-state index contributed by atoms with van der Waals surface area (Å²) in [6, 6.07) is 8.64. The minimum Gasteiger partial charge on any atom is -0.342 e. The first-order chi connectivity index (χ1) is 10.7. The van der Waals surface area contributed by atoms with Crippen molar-refractivity contribution in [2.45, 2.75) is 38.5 Å². The van der Waals surface area contributed by atoms with Crippen molar-refractivity contribution in [2.75, 3.05) is 26.2 Å². The first-order valence-electron chi connectivity index (χ1n) is 8.75. The van der Waals surface area contributed by atoms with Crippen molar-refractivity contribution in [3.05, 3.63) is 35.4 Å². The van der Waals surface area contributed by atoms with Crippen LogP contribution in [0.1, 0.15) is 42.7 Å². The maximum Gasteiger partial charge on any atom is 0.226 e. The van der Waals surface area contributed by atoms with E-state index in [2.05, 4.69) is 41.4 Å². The number of likely N-dealkylation sites (tertiary alicyclic amines) is 1. The van der Waals surface area contributed by atoms with Gasteiger partial charge < -0.3 is 10.2 Å². The number of aryl methyl sites for hydroxylation is 1. The van der Waals surface area contributed by atoms with Crippen molar-refractivity contribution in [1.29, 1.82) is 0 Å². The van der Waals surface area contributed by atoms with Crippen LogP contribution in [0.15, 0.2) is 24.3 Å². The van der Waals surface area contributed by atoms with Gasteiger partial charge in [0.05, 0.1) is 0 Å². The monoisotopic (exact) mass is 334 g/mol. The molecule has 2 saturated heterocycles. The van der Waals surface area contributed by atoms with E-state index in [4.69, 9.17) is 0 Å². The number of carbonyl (C=O) groups is 1. The topological polar surface area (TPSA) is 32.3 Å². The van der Waals surface area contributed by atoms with Crippen molar-refractivity contribution >= 4 is 18.3 Å². The van der Waals surface area contributed by atoms with Gasteiger partial charge in [0.1, 0.15) is 0 Å². The average molecular weight is 335 g/mol. The second kappa shape index (κ2) is 6.45. The highest BCUT2D eigenvalue weighted by atomic mass is 35.5. The van der Waals surface area contributed by atoms with Gasteiger partial charge in [-0.3, -0.25) is 4.79 Å². The SMILES string of the molecule is Cc1ccccc1C1CCN(C(=O)C2CC23CCNCC3)C1.Cl. The molecule has 4 heteroatoms. The number of piperidine rings is 1. The van der Waals surface area contributed by atoms with Crippen molar-refractivity contribution < 1.29 is 4.79 Å². The molecule has 2 heterocycles. The standard InChI is InChI=1S/C19H26N2O.ClH/c1-14-4-2-3-5-16(14)15-6-11-21(13-15)18(22)17-12-19(17)7-9-20-10-8-19;/h2-5,15,17,20H,6-13H2,1H3;1H. The number of hydrogen-bond acceptors (Lipinski definition) is 2. The molecule has 2 atom stereocenters. The second-order valence-electron chi connectivity index (χ2n) is 7.50. The maximum atomic E-state index is 12.8. The lowest BCUT2D eigenvalue weighted by atomic mass is 9.91. The fourth-order valence-electron chi connectivity index (χ4n) is 4.65. The van der Waals surface area contributed by atoms with Crippen LogP contribution in [0.2, 0.25) is 0 Å². The largest absolute Gasteiger partial charge is 0.342 e. The molecule has 3 fully saturated rings. The fourth-order valence-corrected chi connectivity index (χ4v) is 4.65. The van der Waals surface area contributed by atoms with E-state index in [1.165, 1.54) is 24.0 Å². The summed E-state index contributed by atoms with van der Waals surface area (Å²) < 4.78 is 0. The molecule has 0 bridgehead atoms. The van der Waals surface area contributed by atoms with Gasteiger partial charge in [-0.15, -0.1) is 12.4 Å². The van der Waals surface area contributed by atoms with Crippen molar-refractivity contribution in [3.63, 3.8) is 0 Å². The molecule has 1 aromatic rings. The predicted molar refractivity (Wildman–Crippen MR) is 95.0 cm³/mol. The average Bonchev–Trinajstić information content (AvgIpc) is 3.00. The molecular weight excluding hydrogens is 308 g/mol. The molecule has 1 aliphatic carbocycles. The van der Waals surface area contributed by atoms with Gasteiger partial charge in [0.25, 0.3) is 0 Å². The molecule has 1 spiro atoms. The highest BCUT2D eigenvalue weighted by Gasteiger charge is 2.58. The van der Waals surface area contributed by atoms with Crippen LogP contribution in [-0.4, -0.2) is 37.0 Å². The highest BCUT2D eigenvalue weighted by Crippen LogP contribution is 2.59. The van der Waals surface area contributed by atoms with E-state index in [0.717, 1.165) is 39.0 Å². The van der Waals surface area contributed by atoms with Gasteiger partial charge in [0.2, 0.25) is 5.91 Å². The van der Waals surface area contributed by atoms with E-state index in [1.54, 1.807) is 0 Å². The molecule has 0 radical (unpaired) electrons. The first-order valence-corrected chi connectivity index (χ1v) is 8.75. The quantitative estimate of drug-likeness (QED) is 0.901. The molecule has 4 rings (SSSR count). The number of rotatable bonds is 2. The van der Waals surface area contributed by atoms with Crippen LogP contribution in [0.3, 0.4) is 0 Å². The minimum atomic E-state index is 0. The van der Waals surface area contributed by atoms with Gasteiger partial charge in [-0.05, 0) is 62.2 Å². The molecule has 1 N–H and O–H groups in total. The summed E-state index contributed by atoms with van der Waals surface area (Å²) in [6.45, 7) is 6.24. The summed E-state index contributed by atoms with van der Waals surface area (Å²) in [5.41, 5.74) is 3.16. The smallest absolute Gasteiger partial charge is 0.226 e. The van der Waals surface area contributed by atoms with Crippen molar-refractivity contribution in [3.8, 4) is 0 Å². The van der Waals surface area contributed by atoms with Gasteiger partial charge >= 0.3 is 0 Å². The molecule has 3 aliphatic rings. The number of halogens is 1. The molecule has 1 saturated carbocycles. The minimum absolute atomic E-state index is 0. The van der Waals surface area contributed by atoms with Gasteiger partial charge in [0, 0.05) is 24.9 Å². The number of nitrogens with one attached hydrogen (secondary N) is 1. The summed E-state index contributed by atoms with van der Waals surface area (Å²) in [7, 11) is 0. The molecule has 1 aromatic carbocycles. The van der Waals surface area contributed by atoms with E-state index < -0.39 is 0 Å². The van der Waals surface area contributed by atoms with Crippen LogP contribution in [0.4, 0.5) is 0 Å². The molecule has 3 nitrogen and oxygen atoms in total. The molecular formula is C19H27ClN2O. The van der Waals surface area contributed by atoms with Crippen molar-refractivity contribution in [2.24, 2.45) is 11.3 Å². The van der Waals surface area contributed by atoms with Gasteiger partial charge in [-0.25, -0.2) is 0 Å². The summed E-state index contributed by atoms with van der Waals surface area (Å²) in [5, 5.41) is 3.42. The summed E-state index contributed by atoms with van der Waals surface area (Å²) in [6.07, 6.45) is 4.65. The van der Waals surface area contributed by atoms with Crippen LogP contribution in [-0.2, 0) is 4.79 Å². The van der Waals surface area contributed by atoms with Gasteiger partial charge in [-0.2, -0.15) is 0 Å². The lowest BCUT2D eigenvalue weighted by Crippen LogP contribution is -2.35. The van der Waals surface area contributed by atoms with Crippen LogP contribution in [0.5, 0.6) is 0 Å². The number of benzene rings is 1. The zero-order chi connectivity index (χ0) is 15.2. The van der Waals surface area contributed by atoms with Crippen LogP contribution in [0, 0.1) is 18.3 Å². The molecule has 1 amide bonds. The third kappa shape index (κ3) is 3.01. The zero-order valence-corrected chi connectivity index (χ0v) is 14.7. The Bertz CT molecular complexity index is 582. The molecule has 0 aromatic heterocycles. The van der Waals surface area contributed by atoms with E-state index in [9.17, 15) is 4.79 Å². The Morgan fingerprint density at radius 3 is 2.74 bits per heavy atom. The Morgan fingerprint density at radius 1 is 1.26 bits per heavy atom. The zero-order valence-electron chi connectivity index (χ0n) is 13.9. The summed E-state index contributed by atoms with van der Waals surface area (Å²) >= 11 is 0. The van der Waals surface area contributed by atoms with E-state index in [1.807, 2.05) is 0 Å². The highest BCUT2D eigenvalue weighted by molar-refractivity contribution is 5.85. The van der Waals surface area contributed by atoms with E-state index in [-0.39, 0.29) is 12.4 Å². The first kappa shape index (κ1) is 16.8. The number of carbonyl (C=O) groups excluding carboxylic acids is 1. The third-order valence-electron chi connectivity index (χ3n) is 6.22. The molecule has 2 unspecified atom stereocenters. The molecule has 2 aliphatic heterocycles. The second-order valence-corrected chi connectivity index (χ2v) is 7.50. The third-order valence-corrected chi connectivity index (χ3v) is 6.22. The molecule has 23 heavy (non-hydrogen) atoms. The Labute approximate surface area is 145 Å². The molecule has 126 valence electrons. The Morgan fingerprint density at radius 2 is 2.00 bits per heavy atom. The Kier molecular flexibility index (Phi) is 4.70. The van der Waals surface area contributed by atoms with Crippen LogP contribution in [0.25, 0.3) is 0 Å². The number of hydrogen-bond donors (Lipinski definition) is 1. The van der Waals surface area contributed by atoms with Gasteiger partial charge in [-0.1, -0.05) is 24.3 Å². The summed E-state index contributed by atoms with van der Waals surface area (Å²) in [5.74, 6) is 1.30. The van der Waals surface area contributed by atoms with Crippen molar-refractivity contribution in [1.82, 2.24) is 10.2 Å². The Balaban J connectivity index is 0.00000156. The normalized spacial score (nSPS) is 28.5. The Hall–Kier alpha value is -1.06. The number of nitrogens with zero attached hydrogens (tertiary/aromatic N) is 1. The van der Waals surface area contributed by atoms with Crippen LogP contribution < -0.4 is 5.32 Å². The lowest BCUT2D eigenvalue weighted by molar-refractivity contribution is -0.132. The van der Waals surface area contributed by atoms with Crippen LogP contribution >= 0.6 is 12.4 Å². The summed E-state index contributed by atoms with van der Waals surface area (Å²) in [4.78, 5) is 15.0. The van der Waals surface area contributed by atoms with Gasteiger partial charge in [0.15, 0.2) is 0 Å². The fraction of sp³-hybridized carbons (Fsp3) is 0.632. The van der Waals surface area contributed by atoms with E-state index in [0.29, 0.717) is 23.2 Å². The number of amides is 1.